The second-order valence-corrected chi connectivity index (χ2v) is 9.13. The molecule has 2 aliphatic rings. The number of rotatable bonds is 9. The lowest BCUT2D eigenvalue weighted by molar-refractivity contribution is 0.0697. The number of hydrogen-bond donors (Lipinski definition) is 3. The van der Waals surface area contributed by atoms with E-state index in [1.54, 1.807) is 36.4 Å². The van der Waals surface area contributed by atoms with Gasteiger partial charge in [-0.15, -0.1) is 0 Å². The Morgan fingerprint density at radius 2 is 1.67 bits per heavy atom. The lowest BCUT2D eigenvalue weighted by Crippen LogP contribution is -2.30. The number of nitrogens with one attached hydrogen (secondary N) is 2. The van der Waals surface area contributed by atoms with Gasteiger partial charge in [-0.25, -0.2) is 14.0 Å². The minimum absolute atomic E-state index is 0.00446. The number of halogens is 1. The van der Waals surface area contributed by atoms with Crippen molar-refractivity contribution < 1.29 is 23.8 Å². The minimum Gasteiger partial charge on any atom is -0.494 e. The van der Waals surface area contributed by atoms with E-state index in [1.165, 1.54) is 12.1 Å². The summed E-state index contributed by atoms with van der Waals surface area (Å²) in [5.74, 6) is -0.957. The van der Waals surface area contributed by atoms with E-state index >= 15 is 0 Å². The molecule has 2 amide bonds. The zero-order chi connectivity index (χ0) is 25.2. The van der Waals surface area contributed by atoms with Crippen LogP contribution in [0.1, 0.15) is 43.0 Å². The Bertz CT molecular complexity index is 1270. The molecule has 2 fully saturated rings. The molecule has 0 atom stereocenters. The van der Waals surface area contributed by atoms with Crippen LogP contribution in [0.3, 0.4) is 0 Å². The van der Waals surface area contributed by atoms with Crippen molar-refractivity contribution in [1.29, 1.82) is 0 Å². The van der Waals surface area contributed by atoms with Crippen molar-refractivity contribution in [2.45, 2.75) is 44.7 Å². The number of anilines is 3. The summed E-state index contributed by atoms with van der Waals surface area (Å²) >= 11 is 0. The van der Waals surface area contributed by atoms with Gasteiger partial charge in [0.1, 0.15) is 11.6 Å². The molecule has 3 N–H and O–H groups in total. The van der Waals surface area contributed by atoms with Gasteiger partial charge in [-0.3, -0.25) is 0 Å². The van der Waals surface area contributed by atoms with Crippen LogP contribution in [0.2, 0.25) is 0 Å². The molecule has 0 saturated heterocycles. The molecule has 7 nitrogen and oxygen atoms in total. The first-order valence-electron chi connectivity index (χ1n) is 12.2. The van der Waals surface area contributed by atoms with Crippen LogP contribution >= 0.6 is 0 Å². The van der Waals surface area contributed by atoms with E-state index in [2.05, 4.69) is 15.5 Å². The number of carbonyl (C=O) groups excluding carboxylic acids is 1. The number of aromatic carboxylic acids is 1. The van der Waals surface area contributed by atoms with Crippen LogP contribution in [-0.2, 0) is 0 Å². The average molecular weight is 490 g/mol. The Hall–Kier alpha value is -4.07. The van der Waals surface area contributed by atoms with Crippen LogP contribution in [0.5, 0.6) is 5.75 Å². The molecule has 3 aromatic rings. The summed E-state index contributed by atoms with van der Waals surface area (Å²) in [6, 6.07) is 16.5. The van der Waals surface area contributed by atoms with Gasteiger partial charge in [0.15, 0.2) is 0 Å². The molecule has 0 heterocycles. The molecule has 186 valence electrons. The van der Waals surface area contributed by atoms with Gasteiger partial charge in [-0.2, -0.15) is 0 Å². The van der Waals surface area contributed by atoms with Crippen molar-refractivity contribution in [2.24, 2.45) is 0 Å². The second-order valence-electron chi connectivity index (χ2n) is 9.13. The second kappa shape index (κ2) is 9.89. The first-order valence-corrected chi connectivity index (χ1v) is 12.2. The number of urea groups is 1. The Balaban J connectivity index is 1.47. The van der Waals surface area contributed by atoms with Crippen LogP contribution in [0.25, 0.3) is 11.1 Å². The number of carbonyl (C=O) groups is 2. The number of nitrogens with zero attached hydrogens (tertiary/aromatic N) is 1. The lowest BCUT2D eigenvalue weighted by Gasteiger charge is -2.28. The Kier molecular flexibility index (Phi) is 6.50. The normalized spacial score (nSPS) is 14.7. The standard InChI is InChI=1S/C28H28FN3O4/c1-2-36-22-11-5-19(6-12-22)30-28(35)31-25-15-17(24-16-18(29)4-13-23(24)27(33)34)3-14-26(25)32(20-7-8-20)21-9-10-21/h3-6,11-16,20-21H,2,7-10H2,1H3,(H,33,34)(H2,30,31,35). The van der Waals surface area contributed by atoms with E-state index in [4.69, 9.17) is 4.74 Å². The van der Waals surface area contributed by atoms with E-state index in [-0.39, 0.29) is 11.1 Å². The van der Waals surface area contributed by atoms with Crippen LogP contribution in [0.4, 0.5) is 26.2 Å². The minimum atomic E-state index is -1.14. The number of ether oxygens (including phenoxy) is 1. The predicted octanol–water partition coefficient (Wildman–Crippen LogP) is 6.36. The van der Waals surface area contributed by atoms with Gasteiger partial charge in [0.05, 0.1) is 23.5 Å². The largest absolute Gasteiger partial charge is 0.494 e. The number of carboxylic acids is 1. The Morgan fingerprint density at radius 1 is 0.972 bits per heavy atom. The molecule has 0 unspecified atom stereocenters. The molecule has 0 aromatic heterocycles. The van der Waals surface area contributed by atoms with Crippen molar-refractivity contribution in [3.63, 3.8) is 0 Å². The first-order chi connectivity index (χ1) is 17.4. The van der Waals surface area contributed by atoms with Crippen molar-refractivity contribution in [3.8, 4) is 16.9 Å². The summed E-state index contributed by atoms with van der Waals surface area (Å²) in [5.41, 5.74) is 2.81. The van der Waals surface area contributed by atoms with E-state index in [0.29, 0.717) is 41.4 Å². The summed E-state index contributed by atoms with van der Waals surface area (Å²) in [6.07, 6.45) is 4.40. The fourth-order valence-electron chi connectivity index (χ4n) is 4.45. The fourth-order valence-corrected chi connectivity index (χ4v) is 4.45. The molecular weight excluding hydrogens is 461 g/mol. The van der Waals surface area contributed by atoms with E-state index in [9.17, 15) is 19.1 Å². The van der Waals surface area contributed by atoms with Crippen molar-refractivity contribution >= 4 is 29.1 Å². The Labute approximate surface area is 208 Å². The molecule has 0 bridgehead atoms. The summed E-state index contributed by atoms with van der Waals surface area (Å²) in [7, 11) is 0. The number of amides is 2. The molecule has 2 saturated carbocycles. The van der Waals surface area contributed by atoms with E-state index < -0.39 is 17.8 Å². The summed E-state index contributed by atoms with van der Waals surface area (Å²) in [6.45, 7) is 2.46. The highest BCUT2D eigenvalue weighted by Gasteiger charge is 2.40. The summed E-state index contributed by atoms with van der Waals surface area (Å²) in [4.78, 5) is 27.1. The molecule has 8 heteroatoms. The van der Waals surface area contributed by atoms with Crippen LogP contribution in [-0.4, -0.2) is 35.8 Å². The number of hydrogen-bond acceptors (Lipinski definition) is 4. The zero-order valence-corrected chi connectivity index (χ0v) is 20.0. The molecule has 0 radical (unpaired) electrons. The van der Waals surface area contributed by atoms with Crippen molar-refractivity contribution in [2.75, 3.05) is 22.1 Å². The topological polar surface area (TPSA) is 90.9 Å². The molecule has 0 spiro atoms. The van der Waals surface area contributed by atoms with Crippen LogP contribution < -0.4 is 20.3 Å². The molecule has 36 heavy (non-hydrogen) atoms. The van der Waals surface area contributed by atoms with Gasteiger partial charge in [0.2, 0.25) is 0 Å². The molecular formula is C28H28FN3O4. The van der Waals surface area contributed by atoms with Gasteiger partial charge < -0.3 is 25.4 Å². The maximum Gasteiger partial charge on any atom is 0.336 e. The van der Waals surface area contributed by atoms with Crippen molar-refractivity contribution in [1.82, 2.24) is 0 Å². The SMILES string of the molecule is CCOc1ccc(NC(=O)Nc2cc(-c3cc(F)ccc3C(=O)O)ccc2N(C2CC2)C2CC2)cc1. The highest BCUT2D eigenvalue weighted by Crippen LogP contribution is 2.45. The lowest BCUT2D eigenvalue weighted by atomic mass is 9.98. The van der Waals surface area contributed by atoms with E-state index in [1.807, 2.05) is 13.0 Å². The zero-order valence-electron chi connectivity index (χ0n) is 20.0. The van der Waals surface area contributed by atoms with Crippen molar-refractivity contribution in [3.05, 3.63) is 72.0 Å². The Morgan fingerprint density at radius 3 is 2.28 bits per heavy atom. The van der Waals surface area contributed by atoms with Gasteiger partial charge >= 0.3 is 12.0 Å². The van der Waals surface area contributed by atoms with E-state index in [0.717, 1.165) is 37.4 Å². The third kappa shape index (κ3) is 5.27. The highest BCUT2D eigenvalue weighted by molar-refractivity contribution is 6.03. The van der Waals surface area contributed by atoms with Gasteiger partial charge in [0, 0.05) is 17.8 Å². The third-order valence-electron chi connectivity index (χ3n) is 6.35. The molecule has 2 aliphatic carbocycles. The van der Waals surface area contributed by atoms with Gasteiger partial charge in [-0.05, 0) is 98.3 Å². The third-order valence-corrected chi connectivity index (χ3v) is 6.35. The monoisotopic (exact) mass is 489 g/mol. The first kappa shape index (κ1) is 23.7. The van der Waals surface area contributed by atoms with Gasteiger partial charge in [-0.1, -0.05) is 6.07 Å². The predicted molar refractivity (Wildman–Crippen MR) is 138 cm³/mol. The summed E-state index contributed by atoms with van der Waals surface area (Å²) in [5, 5.41) is 15.4. The maximum atomic E-state index is 14.1. The average Bonchev–Trinajstić information content (AvgIpc) is 3.77. The van der Waals surface area contributed by atoms with Gasteiger partial charge in [0.25, 0.3) is 0 Å². The van der Waals surface area contributed by atoms with Crippen LogP contribution in [0, 0.1) is 5.82 Å². The maximum absolute atomic E-state index is 14.1. The molecule has 5 rings (SSSR count). The number of carboxylic acid groups (broad SMARTS) is 1. The fraction of sp³-hybridized carbons (Fsp3) is 0.286. The molecule has 0 aliphatic heterocycles. The van der Waals surface area contributed by atoms with Crippen LogP contribution in [0.15, 0.2) is 60.7 Å². The number of benzene rings is 3. The quantitative estimate of drug-likeness (QED) is 0.325. The highest BCUT2D eigenvalue weighted by atomic mass is 19.1. The smallest absolute Gasteiger partial charge is 0.336 e. The summed E-state index contributed by atoms with van der Waals surface area (Å²) < 4.78 is 19.5. The molecule has 3 aromatic carbocycles.